The summed E-state index contributed by atoms with van der Waals surface area (Å²) in [5.41, 5.74) is 2.30. The molecule has 0 spiro atoms. The number of hydrogen-bond acceptors (Lipinski definition) is 5. The molecule has 0 aromatic heterocycles. The van der Waals surface area contributed by atoms with E-state index in [0.29, 0.717) is 19.0 Å². The Morgan fingerprint density at radius 2 is 1.92 bits per heavy atom. The topological polar surface area (TPSA) is 105 Å². The zero-order valence-electron chi connectivity index (χ0n) is 11.7. The number of rotatable bonds is 4. The number of nitro groups is 1. The second kappa shape index (κ2) is 7.86. The van der Waals surface area contributed by atoms with Gasteiger partial charge in [-0.1, -0.05) is 28.1 Å². The average molecular weight is 522 g/mol. The minimum Gasteiger partial charge on any atom is -0.506 e. The molecule has 2 aromatic rings. The highest BCUT2D eigenvalue weighted by Gasteiger charge is 2.18. The molecule has 0 saturated carbocycles. The molecule has 10 heteroatoms. The van der Waals surface area contributed by atoms with E-state index >= 15 is 0 Å². The highest BCUT2D eigenvalue weighted by molar-refractivity contribution is 9.11. The first kappa shape index (κ1) is 18.6. The van der Waals surface area contributed by atoms with Crippen molar-refractivity contribution >= 4 is 65.6 Å². The molecule has 1 amide bonds. The largest absolute Gasteiger partial charge is 0.506 e. The Balaban J connectivity index is 2.23. The zero-order valence-corrected chi connectivity index (χ0v) is 16.4. The van der Waals surface area contributed by atoms with Gasteiger partial charge in [0.25, 0.3) is 11.6 Å². The van der Waals surface area contributed by atoms with Crippen LogP contribution in [-0.4, -0.2) is 22.2 Å². The molecule has 0 aliphatic heterocycles. The lowest BCUT2D eigenvalue weighted by atomic mass is 10.2. The van der Waals surface area contributed by atoms with Gasteiger partial charge in [-0.3, -0.25) is 14.9 Å². The van der Waals surface area contributed by atoms with E-state index in [1.807, 2.05) is 0 Å². The van der Waals surface area contributed by atoms with E-state index in [2.05, 4.69) is 58.3 Å². The van der Waals surface area contributed by atoms with Crippen molar-refractivity contribution in [3.63, 3.8) is 0 Å². The van der Waals surface area contributed by atoms with Crippen LogP contribution in [0.25, 0.3) is 0 Å². The lowest BCUT2D eigenvalue weighted by molar-refractivity contribution is -0.385. The third kappa shape index (κ3) is 4.00. The number of halogens is 3. The minimum absolute atomic E-state index is 0.0235. The molecule has 0 heterocycles. The summed E-state index contributed by atoms with van der Waals surface area (Å²) in [5.74, 6) is -0.739. The quantitative estimate of drug-likeness (QED) is 0.354. The summed E-state index contributed by atoms with van der Waals surface area (Å²) >= 11 is 9.72. The number of aromatic hydroxyl groups is 1. The van der Waals surface area contributed by atoms with Crippen LogP contribution in [0.2, 0.25) is 0 Å². The van der Waals surface area contributed by atoms with Gasteiger partial charge < -0.3 is 5.11 Å². The van der Waals surface area contributed by atoms with Crippen molar-refractivity contribution in [1.82, 2.24) is 5.43 Å². The SMILES string of the molecule is O=C(NN=Cc1c(Br)cc(Br)c(O)c1Br)c1ccccc1[N+](=O)[O-]. The predicted molar refractivity (Wildman–Crippen MR) is 99.4 cm³/mol. The van der Waals surface area contributed by atoms with E-state index in [4.69, 9.17) is 0 Å². The molecule has 2 N–H and O–H groups in total. The Bertz CT molecular complexity index is 855. The molecule has 2 rings (SSSR count). The van der Waals surface area contributed by atoms with E-state index in [9.17, 15) is 20.0 Å². The molecule has 0 bridgehead atoms. The Labute approximate surface area is 161 Å². The maximum Gasteiger partial charge on any atom is 0.282 e. The Morgan fingerprint density at radius 1 is 1.25 bits per heavy atom. The van der Waals surface area contributed by atoms with Crippen molar-refractivity contribution in [2.45, 2.75) is 0 Å². The van der Waals surface area contributed by atoms with Gasteiger partial charge in [-0.15, -0.1) is 0 Å². The number of carbonyl (C=O) groups is 1. The van der Waals surface area contributed by atoms with Gasteiger partial charge in [-0.05, 0) is 44.0 Å². The first-order valence-corrected chi connectivity index (χ1v) is 8.64. The van der Waals surface area contributed by atoms with Gasteiger partial charge in [0, 0.05) is 16.1 Å². The maximum atomic E-state index is 12.0. The Hall–Kier alpha value is -1.78. The summed E-state index contributed by atoms with van der Waals surface area (Å²) in [6, 6.07) is 7.17. The van der Waals surface area contributed by atoms with E-state index in [1.165, 1.54) is 30.5 Å². The van der Waals surface area contributed by atoms with Gasteiger partial charge >= 0.3 is 0 Å². The molecule has 7 nitrogen and oxygen atoms in total. The average Bonchev–Trinajstić information content (AvgIpc) is 2.55. The minimum atomic E-state index is -0.716. The fourth-order valence-corrected chi connectivity index (χ4v) is 4.08. The lowest BCUT2D eigenvalue weighted by Gasteiger charge is -2.07. The van der Waals surface area contributed by atoms with Crippen LogP contribution in [0.3, 0.4) is 0 Å². The number of nitrogens with one attached hydrogen (secondary N) is 1. The molecule has 0 fully saturated rings. The Kier molecular flexibility index (Phi) is 6.08. The van der Waals surface area contributed by atoms with Gasteiger partial charge in [0.05, 0.1) is 20.1 Å². The first-order valence-electron chi connectivity index (χ1n) is 6.26. The van der Waals surface area contributed by atoms with Crippen LogP contribution in [0.15, 0.2) is 48.9 Å². The summed E-state index contributed by atoms with van der Waals surface area (Å²) < 4.78 is 1.46. The summed E-state index contributed by atoms with van der Waals surface area (Å²) in [6.45, 7) is 0. The smallest absolute Gasteiger partial charge is 0.282 e. The third-order valence-corrected chi connectivity index (χ3v) is 4.95. The van der Waals surface area contributed by atoms with Crippen molar-refractivity contribution in [2.24, 2.45) is 5.10 Å². The maximum absolute atomic E-state index is 12.0. The van der Waals surface area contributed by atoms with Crippen LogP contribution >= 0.6 is 47.8 Å². The van der Waals surface area contributed by atoms with E-state index in [1.54, 1.807) is 6.07 Å². The highest BCUT2D eigenvalue weighted by atomic mass is 79.9. The monoisotopic (exact) mass is 519 g/mol. The fourth-order valence-electron chi connectivity index (χ4n) is 1.75. The number of phenols is 1. The number of phenolic OH excluding ortho intramolecular Hbond substituents is 1. The van der Waals surface area contributed by atoms with Gasteiger partial charge in [0.2, 0.25) is 0 Å². The van der Waals surface area contributed by atoms with Crippen LogP contribution in [0.5, 0.6) is 5.75 Å². The van der Waals surface area contributed by atoms with Crippen molar-refractivity contribution in [3.8, 4) is 5.75 Å². The molecule has 124 valence electrons. The molecule has 0 aliphatic carbocycles. The van der Waals surface area contributed by atoms with E-state index in [0.717, 1.165) is 0 Å². The molecule has 0 aliphatic rings. The van der Waals surface area contributed by atoms with Crippen LogP contribution in [-0.2, 0) is 0 Å². The number of nitro benzene ring substituents is 1. The van der Waals surface area contributed by atoms with Crippen molar-refractivity contribution in [3.05, 3.63) is 65.0 Å². The number of amides is 1. The first-order chi connectivity index (χ1) is 11.3. The molecule has 0 saturated heterocycles. The molecule has 0 radical (unpaired) electrons. The standard InChI is InChI=1S/C14H8Br3N3O4/c15-9-5-10(16)13(21)12(17)8(9)6-18-19-14(22)7-3-1-2-4-11(7)20(23)24/h1-6,21H,(H,19,22). The molecule has 0 atom stereocenters. The van der Waals surface area contributed by atoms with E-state index in [-0.39, 0.29) is 17.0 Å². The Morgan fingerprint density at radius 3 is 2.58 bits per heavy atom. The number of nitrogens with zero attached hydrogens (tertiary/aromatic N) is 2. The van der Waals surface area contributed by atoms with E-state index < -0.39 is 10.8 Å². The number of benzene rings is 2. The third-order valence-electron chi connectivity index (χ3n) is 2.89. The highest BCUT2D eigenvalue weighted by Crippen LogP contribution is 2.38. The summed E-state index contributed by atoms with van der Waals surface area (Å²) in [6.07, 6.45) is 1.30. The predicted octanol–water partition coefficient (Wildman–Crippen LogP) is 4.35. The summed E-state index contributed by atoms with van der Waals surface area (Å²) in [5, 5.41) is 24.6. The summed E-state index contributed by atoms with van der Waals surface area (Å²) in [7, 11) is 0. The molecule has 24 heavy (non-hydrogen) atoms. The number of para-hydroxylation sites is 1. The normalized spacial score (nSPS) is 10.8. The van der Waals surface area contributed by atoms with Gasteiger partial charge in [0.1, 0.15) is 11.3 Å². The lowest BCUT2D eigenvalue weighted by Crippen LogP contribution is -2.19. The summed E-state index contributed by atoms with van der Waals surface area (Å²) in [4.78, 5) is 22.3. The number of hydrazone groups is 1. The second-order valence-electron chi connectivity index (χ2n) is 4.39. The van der Waals surface area contributed by atoms with Crippen molar-refractivity contribution in [1.29, 1.82) is 0 Å². The van der Waals surface area contributed by atoms with Crippen LogP contribution in [0, 0.1) is 10.1 Å². The van der Waals surface area contributed by atoms with Crippen LogP contribution in [0.4, 0.5) is 5.69 Å². The number of carbonyl (C=O) groups excluding carboxylic acids is 1. The van der Waals surface area contributed by atoms with Gasteiger partial charge in [0.15, 0.2) is 0 Å². The van der Waals surface area contributed by atoms with Gasteiger partial charge in [-0.2, -0.15) is 5.10 Å². The molecule has 2 aromatic carbocycles. The molecule has 0 unspecified atom stereocenters. The van der Waals surface area contributed by atoms with Crippen LogP contribution in [0.1, 0.15) is 15.9 Å². The van der Waals surface area contributed by atoms with Crippen molar-refractivity contribution in [2.75, 3.05) is 0 Å². The van der Waals surface area contributed by atoms with Gasteiger partial charge in [-0.25, -0.2) is 5.43 Å². The zero-order chi connectivity index (χ0) is 17.9. The second-order valence-corrected chi connectivity index (χ2v) is 6.89. The number of hydrogen-bond donors (Lipinski definition) is 2. The molecular weight excluding hydrogens is 514 g/mol. The van der Waals surface area contributed by atoms with Crippen LogP contribution < -0.4 is 5.43 Å². The van der Waals surface area contributed by atoms with Crippen molar-refractivity contribution < 1.29 is 14.8 Å². The molecular formula is C14H8Br3N3O4. The fraction of sp³-hybridized carbons (Fsp3) is 0.